The van der Waals surface area contributed by atoms with Gasteiger partial charge in [-0.25, -0.2) is 0 Å². The molecule has 0 heterocycles. The van der Waals surface area contributed by atoms with Crippen molar-refractivity contribution >= 4 is 21.8 Å². The van der Waals surface area contributed by atoms with Gasteiger partial charge in [-0.1, -0.05) is 40.2 Å². The number of aryl methyl sites for hydroxylation is 1. The molecule has 0 aromatic heterocycles. The molecule has 0 aliphatic carbocycles. The Bertz CT molecular complexity index is 731. The summed E-state index contributed by atoms with van der Waals surface area (Å²) in [4.78, 5) is 12.3. The minimum absolute atomic E-state index is 0.0319. The first-order chi connectivity index (χ1) is 12.0. The molecule has 2 rings (SSSR count). The molecule has 0 radical (unpaired) electrons. The SMILES string of the molecule is CCOc1cc(Br)c(CC(=O)NCc2ccccc2C)cc1OCC. The summed E-state index contributed by atoms with van der Waals surface area (Å²) in [5.74, 6) is 1.31. The van der Waals surface area contributed by atoms with Crippen molar-refractivity contribution in [2.45, 2.75) is 33.7 Å². The second kappa shape index (κ2) is 9.47. The molecule has 0 spiro atoms. The molecule has 1 amide bonds. The average Bonchev–Trinajstić information content (AvgIpc) is 2.58. The van der Waals surface area contributed by atoms with Crippen molar-refractivity contribution in [1.82, 2.24) is 5.32 Å². The lowest BCUT2D eigenvalue weighted by Gasteiger charge is -2.14. The van der Waals surface area contributed by atoms with Crippen LogP contribution in [0.4, 0.5) is 0 Å². The van der Waals surface area contributed by atoms with Gasteiger partial charge in [-0.2, -0.15) is 0 Å². The maximum Gasteiger partial charge on any atom is 0.224 e. The molecule has 0 fully saturated rings. The zero-order valence-corrected chi connectivity index (χ0v) is 16.5. The van der Waals surface area contributed by atoms with Gasteiger partial charge < -0.3 is 14.8 Å². The van der Waals surface area contributed by atoms with Crippen molar-refractivity contribution in [3.63, 3.8) is 0 Å². The van der Waals surface area contributed by atoms with Crippen LogP contribution < -0.4 is 14.8 Å². The monoisotopic (exact) mass is 405 g/mol. The lowest BCUT2D eigenvalue weighted by atomic mass is 10.1. The molecule has 0 atom stereocenters. The van der Waals surface area contributed by atoms with Crippen molar-refractivity contribution in [3.05, 3.63) is 57.6 Å². The molecule has 0 bridgehead atoms. The number of carbonyl (C=O) groups is 1. The number of benzene rings is 2. The maximum atomic E-state index is 12.3. The van der Waals surface area contributed by atoms with Crippen molar-refractivity contribution in [1.29, 1.82) is 0 Å². The topological polar surface area (TPSA) is 47.6 Å². The van der Waals surface area contributed by atoms with Gasteiger partial charge in [-0.15, -0.1) is 0 Å². The van der Waals surface area contributed by atoms with Crippen molar-refractivity contribution in [2.75, 3.05) is 13.2 Å². The Morgan fingerprint density at radius 1 is 1.04 bits per heavy atom. The number of halogens is 1. The summed E-state index contributed by atoms with van der Waals surface area (Å²) >= 11 is 3.52. The molecule has 4 nitrogen and oxygen atoms in total. The van der Waals surface area contributed by atoms with Crippen molar-refractivity contribution in [2.24, 2.45) is 0 Å². The van der Waals surface area contributed by atoms with Crippen molar-refractivity contribution in [3.8, 4) is 11.5 Å². The zero-order chi connectivity index (χ0) is 18.2. The van der Waals surface area contributed by atoms with Gasteiger partial charge in [0.15, 0.2) is 11.5 Å². The number of nitrogens with one attached hydrogen (secondary N) is 1. The lowest BCUT2D eigenvalue weighted by molar-refractivity contribution is -0.120. The summed E-state index contributed by atoms with van der Waals surface area (Å²) in [5, 5.41) is 2.97. The highest BCUT2D eigenvalue weighted by Gasteiger charge is 2.13. The molecular formula is C20H24BrNO3. The van der Waals surface area contributed by atoms with E-state index in [2.05, 4.69) is 21.2 Å². The van der Waals surface area contributed by atoms with Crippen LogP contribution in [-0.2, 0) is 17.8 Å². The van der Waals surface area contributed by atoms with Gasteiger partial charge in [0.05, 0.1) is 19.6 Å². The van der Waals surface area contributed by atoms with Crippen LogP contribution in [0.5, 0.6) is 11.5 Å². The minimum atomic E-state index is -0.0319. The molecule has 0 aliphatic rings. The minimum Gasteiger partial charge on any atom is -0.490 e. The number of carbonyl (C=O) groups excluding carboxylic acids is 1. The molecule has 134 valence electrons. The predicted molar refractivity (Wildman–Crippen MR) is 103 cm³/mol. The van der Waals surface area contributed by atoms with Crippen LogP contribution in [0, 0.1) is 6.92 Å². The van der Waals surface area contributed by atoms with E-state index in [1.54, 1.807) is 0 Å². The van der Waals surface area contributed by atoms with E-state index in [0.29, 0.717) is 31.3 Å². The van der Waals surface area contributed by atoms with Crippen molar-refractivity contribution < 1.29 is 14.3 Å². The van der Waals surface area contributed by atoms with Gasteiger partial charge in [0.1, 0.15) is 0 Å². The molecule has 0 saturated heterocycles. The Kier molecular flexibility index (Phi) is 7.31. The summed E-state index contributed by atoms with van der Waals surface area (Å²) < 4.78 is 12.1. The largest absolute Gasteiger partial charge is 0.490 e. The normalized spacial score (nSPS) is 10.4. The summed E-state index contributed by atoms with van der Waals surface area (Å²) in [7, 11) is 0. The molecule has 5 heteroatoms. The summed E-state index contributed by atoms with van der Waals surface area (Å²) in [6.07, 6.45) is 0.277. The fraction of sp³-hybridized carbons (Fsp3) is 0.350. The number of amides is 1. The molecule has 0 saturated carbocycles. The maximum absolute atomic E-state index is 12.3. The van der Waals surface area contributed by atoms with Crippen LogP contribution in [-0.4, -0.2) is 19.1 Å². The smallest absolute Gasteiger partial charge is 0.224 e. The first-order valence-electron chi connectivity index (χ1n) is 8.44. The highest BCUT2D eigenvalue weighted by atomic mass is 79.9. The second-order valence-corrected chi connectivity index (χ2v) is 6.49. The van der Waals surface area contributed by atoms with Crippen LogP contribution >= 0.6 is 15.9 Å². The summed E-state index contributed by atoms with van der Waals surface area (Å²) in [5.41, 5.74) is 3.16. The highest BCUT2D eigenvalue weighted by Crippen LogP contribution is 2.34. The third kappa shape index (κ3) is 5.49. The fourth-order valence-corrected chi connectivity index (χ4v) is 2.95. The van der Waals surface area contributed by atoms with Gasteiger partial charge in [-0.3, -0.25) is 4.79 Å². The van der Waals surface area contributed by atoms with E-state index in [1.807, 2.05) is 57.2 Å². The van der Waals surface area contributed by atoms with E-state index >= 15 is 0 Å². The zero-order valence-electron chi connectivity index (χ0n) is 14.9. The van der Waals surface area contributed by atoms with Gasteiger partial charge in [-0.05, 0) is 49.6 Å². The Hall–Kier alpha value is -2.01. The summed E-state index contributed by atoms with van der Waals surface area (Å²) in [6, 6.07) is 11.8. The van der Waals surface area contributed by atoms with E-state index in [9.17, 15) is 4.79 Å². The van der Waals surface area contributed by atoms with Crippen LogP contribution in [0.15, 0.2) is 40.9 Å². The van der Waals surface area contributed by atoms with Gasteiger partial charge in [0.2, 0.25) is 5.91 Å². The number of rotatable bonds is 8. The van der Waals surface area contributed by atoms with Crippen LogP contribution in [0.3, 0.4) is 0 Å². The lowest BCUT2D eigenvalue weighted by Crippen LogP contribution is -2.25. The predicted octanol–water partition coefficient (Wildman–Crippen LogP) is 4.41. The van der Waals surface area contributed by atoms with E-state index in [0.717, 1.165) is 15.6 Å². The Labute approximate surface area is 157 Å². The quantitative estimate of drug-likeness (QED) is 0.707. The molecular weight excluding hydrogens is 382 g/mol. The molecule has 2 aromatic carbocycles. The number of hydrogen-bond donors (Lipinski definition) is 1. The highest BCUT2D eigenvalue weighted by molar-refractivity contribution is 9.10. The Morgan fingerprint density at radius 2 is 1.68 bits per heavy atom. The first kappa shape index (κ1) is 19.3. The Balaban J connectivity index is 2.06. The molecule has 1 N–H and O–H groups in total. The molecule has 0 unspecified atom stereocenters. The van der Waals surface area contributed by atoms with Crippen LogP contribution in [0.1, 0.15) is 30.5 Å². The van der Waals surface area contributed by atoms with Crippen LogP contribution in [0.2, 0.25) is 0 Å². The van der Waals surface area contributed by atoms with E-state index < -0.39 is 0 Å². The van der Waals surface area contributed by atoms with Gasteiger partial charge >= 0.3 is 0 Å². The Morgan fingerprint density at radius 3 is 2.32 bits per heavy atom. The van der Waals surface area contributed by atoms with Gasteiger partial charge in [0.25, 0.3) is 0 Å². The molecule has 25 heavy (non-hydrogen) atoms. The third-order valence-electron chi connectivity index (χ3n) is 3.80. The second-order valence-electron chi connectivity index (χ2n) is 5.64. The molecule has 0 aliphatic heterocycles. The average molecular weight is 406 g/mol. The molecule has 2 aromatic rings. The fourth-order valence-electron chi connectivity index (χ4n) is 2.49. The third-order valence-corrected chi connectivity index (χ3v) is 4.54. The number of ether oxygens (including phenoxy) is 2. The standard InChI is InChI=1S/C20H24BrNO3/c1-4-24-18-10-16(17(21)12-19(18)25-5-2)11-20(23)22-13-15-9-7-6-8-14(15)3/h6-10,12H,4-5,11,13H2,1-3H3,(H,22,23). The van der Waals surface area contributed by atoms with E-state index in [-0.39, 0.29) is 12.3 Å². The number of hydrogen-bond acceptors (Lipinski definition) is 3. The van der Waals surface area contributed by atoms with E-state index in [4.69, 9.17) is 9.47 Å². The first-order valence-corrected chi connectivity index (χ1v) is 9.23. The van der Waals surface area contributed by atoms with E-state index in [1.165, 1.54) is 5.56 Å². The van der Waals surface area contributed by atoms with Crippen LogP contribution in [0.25, 0.3) is 0 Å². The van der Waals surface area contributed by atoms with Gasteiger partial charge in [0, 0.05) is 11.0 Å². The summed E-state index contributed by atoms with van der Waals surface area (Å²) in [6.45, 7) is 7.52.